The maximum atomic E-state index is 13.2. The van der Waals surface area contributed by atoms with Crippen molar-refractivity contribution in [3.8, 4) is 0 Å². The summed E-state index contributed by atoms with van der Waals surface area (Å²) in [5.74, 6) is -0.892. The summed E-state index contributed by atoms with van der Waals surface area (Å²) in [5.41, 5.74) is 2.43. The average Bonchev–Trinajstić information content (AvgIpc) is 3.34. The van der Waals surface area contributed by atoms with Gasteiger partial charge in [-0.05, 0) is 17.2 Å². The normalized spacial score (nSPS) is 13.7. The zero-order chi connectivity index (χ0) is 20.4. The van der Waals surface area contributed by atoms with Crippen LogP contribution in [0.2, 0.25) is 0 Å². The molecule has 146 valence electrons. The number of thiazole rings is 1. The summed E-state index contributed by atoms with van der Waals surface area (Å²) < 4.78 is 0. The third kappa shape index (κ3) is 3.62. The van der Waals surface area contributed by atoms with Gasteiger partial charge >= 0.3 is 0 Å². The van der Waals surface area contributed by atoms with E-state index in [1.807, 2.05) is 48.5 Å². The number of amides is 3. The number of rotatable bonds is 5. The van der Waals surface area contributed by atoms with E-state index in [2.05, 4.69) is 15.6 Å². The minimum Gasteiger partial charge on any atom is -0.354 e. The third-order valence-corrected chi connectivity index (χ3v) is 5.48. The van der Waals surface area contributed by atoms with E-state index in [0.717, 1.165) is 16.9 Å². The van der Waals surface area contributed by atoms with Crippen molar-refractivity contribution in [2.24, 2.45) is 0 Å². The highest BCUT2D eigenvalue weighted by Gasteiger charge is 2.37. The maximum Gasteiger partial charge on any atom is 0.270 e. The minimum atomic E-state index is -0.816. The van der Waals surface area contributed by atoms with Crippen LogP contribution < -0.4 is 10.6 Å². The molecule has 0 spiro atoms. The van der Waals surface area contributed by atoms with Crippen molar-refractivity contribution >= 4 is 34.2 Å². The zero-order valence-electron chi connectivity index (χ0n) is 15.6. The number of hydrogen-bond acceptors (Lipinski definition) is 5. The van der Waals surface area contributed by atoms with Crippen molar-refractivity contribution in [1.82, 2.24) is 15.2 Å². The van der Waals surface area contributed by atoms with Crippen LogP contribution in [-0.2, 0) is 11.3 Å². The standard InChI is InChI=1S/C21H18N4O3S/c1-22-18(26)16-12-29-21(23-16)24-19(27)17(13-7-3-2-4-8-13)25-11-14-9-5-6-10-15(14)20(25)28/h2-10,12,17H,11H2,1H3,(H,22,26)(H,23,24,27)/t17-/m1/s1. The molecule has 3 aromatic rings. The van der Waals surface area contributed by atoms with E-state index in [0.29, 0.717) is 22.8 Å². The highest BCUT2D eigenvalue weighted by molar-refractivity contribution is 7.14. The van der Waals surface area contributed by atoms with Crippen LogP contribution in [-0.4, -0.2) is 34.7 Å². The first-order valence-electron chi connectivity index (χ1n) is 9.01. The predicted octanol–water partition coefficient (Wildman–Crippen LogP) is 2.84. The van der Waals surface area contributed by atoms with Crippen molar-refractivity contribution in [2.45, 2.75) is 12.6 Å². The molecule has 2 heterocycles. The Morgan fingerprint density at radius 3 is 2.55 bits per heavy atom. The second kappa shape index (κ2) is 7.84. The highest BCUT2D eigenvalue weighted by Crippen LogP contribution is 2.32. The number of nitrogens with zero attached hydrogens (tertiary/aromatic N) is 2. The first kappa shape index (κ1) is 18.8. The Morgan fingerprint density at radius 1 is 1.10 bits per heavy atom. The molecule has 7 nitrogen and oxygen atoms in total. The van der Waals surface area contributed by atoms with E-state index in [1.54, 1.807) is 16.3 Å². The Morgan fingerprint density at radius 2 is 1.83 bits per heavy atom. The van der Waals surface area contributed by atoms with Crippen LogP contribution in [0.4, 0.5) is 5.13 Å². The number of anilines is 1. The Bertz CT molecular complexity index is 1080. The molecule has 3 amide bonds. The van der Waals surface area contributed by atoms with E-state index >= 15 is 0 Å². The smallest absolute Gasteiger partial charge is 0.270 e. The fourth-order valence-electron chi connectivity index (χ4n) is 3.33. The lowest BCUT2D eigenvalue weighted by Gasteiger charge is -2.27. The summed E-state index contributed by atoms with van der Waals surface area (Å²) in [4.78, 5) is 43.6. The van der Waals surface area contributed by atoms with Gasteiger partial charge in [0.2, 0.25) is 0 Å². The van der Waals surface area contributed by atoms with Gasteiger partial charge in [0, 0.05) is 24.5 Å². The Hall–Kier alpha value is -3.52. The molecule has 1 aliphatic rings. The van der Waals surface area contributed by atoms with Gasteiger partial charge in [0.15, 0.2) is 5.13 Å². The van der Waals surface area contributed by atoms with Crippen LogP contribution in [0.1, 0.15) is 38.0 Å². The number of fused-ring (bicyclic) bond motifs is 1. The number of carbonyl (C=O) groups excluding carboxylic acids is 3. The molecule has 0 saturated carbocycles. The van der Waals surface area contributed by atoms with E-state index in [-0.39, 0.29) is 23.4 Å². The molecule has 29 heavy (non-hydrogen) atoms. The van der Waals surface area contributed by atoms with Gasteiger partial charge in [-0.1, -0.05) is 48.5 Å². The van der Waals surface area contributed by atoms with Crippen molar-refractivity contribution in [3.63, 3.8) is 0 Å². The molecular weight excluding hydrogens is 388 g/mol. The molecule has 0 aliphatic carbocycles. The topological polar surface area (TPSA) is 91.4 Å². The van der Waals surface area contributed by atoms with Crippen LogP contribution in [0.3, 0.4) is 0 Å². The molecule has 2 aromatic carbocycles. The quantitative estimate of drug-likeness (QED) is 0.682. The number of benzene rings is 2. The molecule has 1 aliphatic heterocycles. The van der Waals surface area contributed by atoms with Crippen LogP contribution in [0.25, 0.3) is 0 Å². The molecule has 1 atom stereocenters. The summed E-state index contributed by atoms with van der Waals surface area (Å²) in [5, 5.41) is 7.13. The van der Waals surface area contributed by atoms with E-state index in [4.69, 9.17) is 0 Å². The summed E-state index contributed by atoms with van der Waals surface area (Å²) in [6.07, 6.45) is 0. The molecular formula is C21H18N4O3S. The lowest BCUT2D eigenvalue weighted by molar-refractivity contribution is -0.120. The van der Waals surface area contributed by atoms with Gasteiger partial charge in [-0.15, -0.1) is 11.3 Å². The second-order valence-electron chi connectivity index (χ2n) is 6.51. The Kier molecular flexibility index (Phi) is 5.09. The second-order valence-corrected chi connectivity index (χ2v) is 7.37. The average molecular weight is 406 g/mol. The fourth-order valence-corrected chi connectivity index (χ4v) is 4.02. The lowest BCUT2D eigenvalue weighted by atomic mass is 10.0. The molecule has 8 heteroatoms. The van der Waals surface area contributed by atoms with Crippen LogP contribution in [0.5, 0.6) is 0 Å². The first-order valence-corrected chi connectivity index (χ1v) is 9.88. The van der Waals surface area contributed by atoms with Crippen molar-refractivity contribution < 1.29 is 14.4 Å². The molecule has 0 fully saturated rings. The molecule has 0 unspecified atom stereocenters. The number of hydrogen-bond donors (Lipinski definition) is 2. The summed E-state index contributed by atoms with van der Waals surface area (Å²) in [7, 11) is 1.52. The zero-order valence-corrected chi connectivity index (χ0v) is 16.4. The minimum absolute atomic E-state index is 0.185. The van der Waals surface area contributed by atoms with Gasteiger partial charge < -0.3 is 10.2 Å². The molecule has 0 bridgehead atoms. The Balaban J connectivity index is 1.64. The number of aromatic nitrogens is 1. The van der Waals surface area contributed by atoms with E-state index in [9.17, 15) is 14.4 Å². The van der Waals surface area contributed by atoms with Gasteiger partial charge in [0.1, 0.15) is 11.7 Å². The summed E-state index contributed by atoms with van der Waals surface area (Å²) >= 11 is 1.16. The number of nitrogens with one attached hydrogen (secondary N) is 2. The van der Waals surface area contributed by atoms with Crippen molar-refractivity contribution in [2.75, 3.05) is 12.4 Å². The van der Waals surface area contributed by atoms with E-state index in [1.165, 1.54) is 7.05 Å². The Labute approximate surface area is 171 Å². The van der Waals surface area contributed by atoms with E-state index < -0.39 is 6.04 Å². The van der Waals surface area contributed by atoms with Gasteiger partial charge in [0.25, 0.3) is 17.7 Å². The SMILES string of the molecule is CNC(=O)c1csc(NC(=O)[C@@H](c2ccccc2)N2Cc3ccccc3C2=O)n1. The maximum absolute atomic E-state index is 13.2. The number of carbonyl (C=O) groups is 3. The van der Waals surface area contributed by atoms with Crippen molar-refractivity contribution in [1.29, 1.82) is 0 Å². The van der Waals surface area contributed by atoms with Gasteiger partial charge in [-0.2, -0.15) is 0 Å². The monoisotopic (exact) mass is 406 g/mol. The fraction of sp³-hybridized carbons (Fsp3) is 0.143. The predicted molar refractivity (Wildman–Crippen MR) is 110 cm³/mol. The lowest BCUT2D eigenvalue weighted by Crippen LogP contribution is -2.37. The van der Waals surface area contributed by atoms with Crippen molar-refractivity contribution in [3.05, 3.63) is 82.4 Å². The largest absolute Gasteiger partial charge is 0.354 e. The van der Waals surface area contributed by atoms with Crippen LogP contribution in [0.15, 0.2) is 60.0 Å². The molecule has 0 saturated heterocycles. The third-order valence-electron chi connectivity index (χ3n) is 4.72. The molecule has 1 aromatic heterocycles. The first-order chi connectivity index (χ1) is 14.1. The molecule has 2 N–H and O–H groups in total. The summed E-state index contributed by atoms with van der Waals surface area (Å²) in [6.45, 7) is 0.351. The van der Waals surface area contributed by atoms with Gasteiger partial charge in [-0.25, -0.2) is 4.98 Å². The molecule has 0 radical (unpaired) electrons. The van der Waals surface area contributed by atoms with Gasteiger partial charge in [-0.3, -0.25) is 19.7 Å². The highest BCUT2D eigenvalue weighted by atomic mass is 32.1. The van der Waals surface area contributed by atoms with Gasteiger partial charge in [0.05, 0.1) is 0 Å². The summed E-state index contributed by atoms with van der Waals surface area (Å²) in [6, 6.07) is 15.7. The molecule has 4 rings (SSSR count). The van der Waals surface area contributed by atoms with Crippen LogP contribution in [0, 0.1) is 0 Å². The van der Waals surface area contributed by atoms with Crippen LogP contribution >= 0.6 is 11.3 Å².